The van der Waals surface area contributed by atoms with Crippen LogP contribution in [0.4, 0.5) is 19.0 Å². The van der Waals surface area contributed by atoms with E-state index in [0.29, 0.717) is 12.7 Å². The Balaban J connectivity index is 2.34. The van der Waals surface area contributed by atoms with Gasteiger partial charge >= 0.3 is 0 Å². The van der Waals surface area contributed by atoms with Gasteiger partial charge in [0.15, 0.2) is 17.5 Å². The second-order valence-electron chi connectivity index (χ2n) is 3.67. The van der Waals surface area contributed by atoms with Gasteiger partial charge < -0.3 is 14.7 Å². The molecule has 1 fully saturated rings. The molecule has 1 aliphatic heterocycles. The van der Waals surface area contributed by atoms with Gasteiger partial charge in [-0.05, 0) is 0 Å². The van der Waals surface area contributed by atoms with Crippen LogP contribution in [-0.4, -0.2) is 42.5 Å². The van der Waals surface area contributed by atoms with Crippen LogP contribution < -0.4 is 4.90 Å². The van der Waals surface area contributed by atoms with Gasteiger partial charge in [-0.3, -0.25) is 0 Å². The largest absolute Gasteiger partial charge is 0.394 e. The molecular weight excluding hydrogens is 237 g/mol. The van der Waals surface area contributed by atoms with Crippen molar-refractivity contribution in [3.63, 3.8) is 0 Å². The molecule has 1 aliphatic rings. The number of hydrogen-bond acceptors (Lipinski definition) is 4. The zero-order valence-corrected chi connectivity index (χ0v) is 8.87. The number of pyridine rings is 1. The lowest BCUT2D eigenvalue weighted by molar-refractivity contribution is 0.0717. The van der Waals surface area contributed by atoms with Crippen LogP contribution in [0.25, 0.3) is 0 Å². The number of aromatic nitrogens is 1. The Labute approximate surface area is 95.6 Å². The third-order valence-corrected chi connectivity index (χ3v) is 2.58. The van der Waals surface area contributed by atoms with Gasteiger partial charge in [0.25, 0.3) is 5.95 Å². The van der Waals surface area contributed by atoms with Gasteiger partial charge in [0, 0.05) is 12.6 Å². The first kappa shape index (κ1) is 12.1. The zero-order chi connectivity index (χ0) is 12.4. The maximum absolute atomic E-state index is 13.5. The number of anilines is 1. The number of morpholine rings is 1. The van der Waals surface area contributed by atoms with E-state index in [1.54, 1.807) is 0 Å². The van der Waals surface area contributed by atoms with Crippen molar-refractivity contribution in [2.24, 2.45) is 0 Å². The van der Waals surface area contributed by atoms with E-state index >= 15 is 0 Å². The maximum Gasteiger partial charge on any atom is 0.251 e. The minimum absolute atomic E-state index is 0.191. The number of halogens is 3. The molecule has 94 valence electrons. The Bertz CT molecular complexity index is 417. The third-order valence-electron chi connectivity index (χ3n) is 2.58. The van der Waals surface area contributed by atoms with E-state index in [1.165, 1.54) is 4.90 Å². The van der Waals surface area contributed by atoms with Gasteiger partial charge in [-0.1, -0.05) is 0 Å². The average Bonchev–Trinajstić information content (AvgIpc) is 2.34. The second-order valence-corrected chi connectivity index (χ2v) is 3.67. The smallest absolute Gasteiger partial charge is 0.251 e. The molecule has 2 rings (SSSR count). The summed E-state index contributed by atoms with van der Waals surface area (Å²) in [5, 5.41) is 9.10. The molecule has 0 spiro atoms. The lowest BCUT2D eigenvalue weighted by Crippen LogP contribution is -2.48. The molecule has 0 aliphatic carbocycles. The lowest BCUT2D eigenvalue weighted by Gasteiger charge is -2.35. The van der Waals surface area contributed by atoms with Crippen LogP contribution in [0, 0.1) is 17.6 Å². The molecule has 17 heavy (non-hydrogen) atoms. The van der Waals surface area contributed by atoms with Crippen LogP contribution in [0.3, 0.4) is 0 Å². The molecule has 1 unspecified atom stereocenters. The van der Waals surface area contributed by atoms with Gasteiger partial charge in [0.05, 0.1) is 25.9 Å². The summed E-state index contributed by atoms with van der Waals surface area (Å²) in [5.74, 6) is -3.94. The number of aliphatic hydroxyl groups excluding tert-OH is 1. The van der Waals surface area contributed by atoms with Crippen LogP contribution in [0.1, 0.15) is 0 Å². The standard InChI is InChI=1S/C10H11F3N2O2/c11-7-3-8(12)10(14-9(7)13)15-1-2-17-5-6(15)4-16/h3,6,16H,1-2,4-5H2. The summed E-state index contributed by atoms with van der Waals surface area (Å²) in [7, 11) is 0. The van der Waals surface area contributed by atoms with Crippen molar-refractivity contribution in [2.45, 2.75) is 6.04 Å². The van der Waals surface area contributed by atoms with E-state index in [9.17, 15) is 13.2 Å². The summed E-state index contributed by atoms with van der Waals surface area (Å²) in [6.45, 7) is 0.494. The molecule has 0 radical (unpaired) electrons. The molecule has 4 nitrogen and oxygen atoms in total. The van der Waals surface area contributed by atoms with E-state index in [4.69, 9.17) is 9.84 Å². The third kappa shape index (κ3) is 2.34. The molecule has 1 saturated heterocycles. The fraction of sp³-hybridized carbons (Fsp3) is 0.500. The Morgan fingerprint density at radius 2 is 2.18 bits per heavy atom. The Morgan fingerprint density at radius 3 is 2.88 bits per heavy atom. The monoisotopic (exact) mass is 248 g/mol. The molecule has 7 heteroatoms. The predicted molar refractivity (Wildman–Crippen MR) is 53.1 cm³/mol. The lowest BCUT2D eigenvalue weighted by atomic mass is 10.2. The highest BCUT2D eigenvalue weighted by Crippen LogP contribution is 2.22. The molecule has 1 N–H and O–H groups in total. The highest BCUT2D eigenvalue weighted by molar-refractivity contribution is 5.42. The van der Waals surface area contributed by atoms with Crippen molar-refractivity contribution < 1.29 is 23.0 Å². The van der Waals surface area contributed by atoms with Crippen LogP contribution in [0.2, 0.25) is 0 Å². The normalized spacial score (nSPS) is 20.7. The van der Waals surface area contributed by atoms with Crippen molar-refractivity contribution >= 4 is 5.82 Å². The Kier molecular flexibility index (Phi) is 3.49. The number of aliphatic hydroxyl groups is 1. The molecule has 0 aromatic carbocycles. The van der Waals surface area contributed by atoms with Crippen LogP contribution in [0.5, 0.6) is 0 Å². The molecule has 1 atom stereocenters. The average molecular weight is 248 g/mol. The first-order valence-electron chi connectivity index (χ1n) is 5.10. The summed E-state index contributed by atoms with van der Waals surface area (Å²) in [6, 6.07) is -0.0581. The van der Waals surface area contributed by atoms with Crippen molar-refractivity contribution in [3.05, 3.63) is 23.6 Å². The van der Waals surface area contributed by atoms with Gasteiger partial charge in [-0.15, -0.1) is 0 Å². The van der Waals surface area contributed by atoms with Crippen molar-refractivity contribution in [1.29, 1.82) is 0 Å². The van der Waals surface area contributed by atoms with Crippen LogP contribution in [-0.2, 0) is 4.74 Å². The molecule has 1 aromatic rings. The van der Waals surface area contributed by atoms with E-state index in [1.807, 2.05) is 0 Å². The van der Waals surface area contributed by atoms with E-state index < -0.39 is 23.6 Å². The van der Waals surface area contributed by atoms with E-state index in [-0.39, 0.29) is 25.6 Å². The SMILES string of the molecule is OCC1COCCN1c1nc(F)c(F)cc1F. The number of rotatable bonds is 2. The van der Waals surface area contributed by atoms with Crippen molar-refractivity contribution in [3.8, 4) is 0 Å². The van der Waals surface area contributed by atoms with Gasteiger partial charge in [-0.2, -0.15) is 9.37 Å². The van der Waals surface area contributed by atoms with Crippen molar-refractivity contribution in [2.75, 3.05) is 31.3 Å². The first-order chi connectivity index (χ1) is 8.13. The van der Waals surface area contributed by atoms with Crippen molar-refractivity contribution in [1.82, 2.24) is 4.98 Å². The van der Waals surface area contributed by atoms with Gasteiger partial charge in [0.2, 0.25) is 0 Å². The van der Waals surface area contributed by atoms with Gasteiger partial charge in [-0.25, -0.2) is 8.78 Å². The Hall–Kier alpha value is -1.34. The molecule has 2 heterocycles. The molecule has 0 saturated carbocycles. The Morgan fingerprint density at radius 1 is 1.41 bits per heavy atom. The van der Waals surface area contributed by atoms with E-state index in [0.717, 1.165) is 0 Å². The first-order valence-corrected chi connectivity index (χ1v) is 5.10. The fourth-order valence-corrected chi connectivity index (χ4v) is 1.72. The number of hydrogen-bond donors (Lipinski definition) is 1. The fourth-order valence-electron chi connectivity index (χ4n) is 1.72. The molecule has 0 amide bonds. The summed E-state index contributed by atoms with van der Waals surface area (Å²) < 4.78 is 44.3. The summed E-state index contributed by atoms with van der Waals surface area (Å²) >= 11 is 0. The van der Waals surface area contributed by atoms with Crippen LogP contribution in [0.15, 0.2) is 6.07 Å². The molecular formula is C10H11F3N2O2. The number of ether oxygens (including phenoxy) is 1. The topological polar surface area (TPSA) is 45.6 Å². The summed E-state index contributed by atoms with van der Waals surface area (Å²) in [5.41, 5.74) is 0. The van der Waals surface area contributed by atoms with Crippen LogP contribution >= 0.6 is 0 Å². The molecule has 0 bridgehead atoms. The second kappa shape index (κ2) is 4.89. The maximum atomic E-state index is 13.5. The van der Waals surface area contributed by atoms with Gasteiger partial charge in [0.1, 0.15) is 0 Å². The van der Waals surface area contributed by atoms with E-state index in [2.05, 4.69) is 4.98 Å². The quantitative estimate of drug-likeness (QED) is 0.782. The highest BCUT2D eigenvalue weighted by atomic mass is 19.2. The summed E-state index contributed by atoms with van der Waals surface area (Å²) in [4.78, 5) is 4.61. The zero-order valence-electron chi connectivity index (χ0n) is 8.87. The minimum atomic E-state index is -1.36. The number of nitrogens with zero attached hydrogens (tertiary/aromatic N) is 2. The predicted octanol–water partition coefficient (Wildman–Crippen LogP) is 0.696. The minimum Gasteiger partial charge on any atom is -0.394 e. The molecule has 1 aromatic heterocycles. The summed E-state index contributed by atoms with van der Waals surface area (Å²) in [6.07, 6.45) is 0. The highest BCUT2D eigenvalue weighted by Gasteiger charge is 2.27.